The number of piperazine rings is 1. The topological polar surface area (TPSA) is 78.8 Å². The fourth-order valence-electron chi connectivity index (χ4n) is 3.00. The molecule has 4 rings (SSSR count). The molecule has 0 unspecified atom stereocenters. The lowest BCUT2D eigenvalue weighted by Crippen LogP contribution is -2.49. The zero-order chi connectivity index (χ0) is 20.1. The number of aromatic nitrogens is 2. The molecule has 28 heavy (non-hydrogen) atoms. The molecule has 7 nitrogen and oxygen atoms in total. The summed E-state index contributed by atoms with van der Waals surface area (Å²) in [6.07, 6.45) is 1.68. The van der Waals surface area contributed by atoms with Gasteiger partial charge in [0.2, 0.25) is 11.8 Å². The molecule has 1 aromatic carbocycles. The van der Waals surface area contributed by atoms with E-state index in [-0.39, 0.29) is 5.91 Å². The third-order valence-electron chi connectivity index (χ3n) is 4.41. The zero-order valence-electron chi connectivity index (χ0n) is 15.0. The standard InChI is InChI=1S/C18H17ClN4O2S.ClHO/c1-25-14-6-7-20-18(21-14)23-10-8-22(9-11-23)17(24)16-15(19)12-4-2-3-5-13(12)26-16;1-2/h2-7H,8-11H2,1H3;2H. The van der Waals surface area contributed by atoms with Gasteiger partial charge in [0.25, 0.3) is 5.91 Å². The summed E-state index contributed by atoms with van der Waals surface area (Å²) < 4.78 is 12.7. The van der Waals surface area contributed by atoms with Crippen LogP contribution in [0.3, 0.4) is 0 Å². The van der Waals surface area contributed by atoms with Gasteiger partial charge in [0.15, 0.2) is 0 Å². The molecule has 0 spiro atoms. The number of hydrogen-bond acceptors (Lipinski definition) is 7. The molecule has 1 saturated heterocycles. The summed E-state index contributed by atoms with van der Waals surface area (Å²) in [5, 5.41) is 1.49. The lowest BCUT2D eigenvalue weighted by Gasteiger charge is -2.34. The van der Waals surface area contributed by atoms with Crippen LogP contribution in [0, 0.1) is 0 Å². The van der Waals surface area contributed by atoms with Gasteiger partial charge < -0.3 is 14.5 Å². The van der Waals surface area contributed by atoms with Crippen LogP contribution in [-0.4, -0.2) is 58.7 Å². The van der Waals surface area contributed by atoms with Gasteiger partial charge in [-0.25, -0.2) is 4.98 Å². The number of hydrogen-bond donors (Lipinski definition) is 1. The number of anilines is 1. The molecule has 0 saturated carbocycles. The number of carbonyl (C=O) groups is 1. The Morgan fingerprint density at radius 2 is 1.89 bits per heavy atom. The Labute approximate surface area is 176 Å². The first-order chi connectivity index (χ1) is 13.7. The number of amides is 1. The second-order valence-corrected chi connectivity index (χ2v) is 7.35. The van der Waals surface area contributed by atoms with E-state index in [9.17, 15) is 4.79 Å². The van der Waals surface area contributed by atoms with E-state index in [1.807, 2.05) is 29.2 Å². The Morgan fingerprint density at radius 1 is 1.18 bits per heavy atom. The normalized spacial score (nSPS) is 13.9. The monoisotopic (exact) mass is 440 g/mol. The van der Waals surface area contributed by atoms with Crippen molar-refractivity contribution in [2.24, 2.45) is 0 Å². The molecule has 148 valence electrons. The maximum Gasteiger partial charge on any atom is 0.265 e. The Bertz CT molecular complexity index is 961. The Balaban J connectivity index is 0.00000109. The molecule has 0 bridgehead atoms. The second-order valence-electron chi connectivity index (χ2n) is 5.92. The van der Waals surface area contributed by atoms with Gasteiger partial charge in [0.1, 0.15) is 4.88 Å². The highest BCUT2D eigenvalue weighted by atomic mass is 35.5. The van der Waals surface area contributed by atoms with Crippen LogP contribution in [0.2, 0.25) is 5.02 Å². The molecular formula is C18H18Cl2N4O3S. The van der Waals surface area contributed by atoms with Crippen LogP contribution < -0.4 is 9.64 Å². The van der Waals surface area contributed by atoms with Crippen LogP contribution in [0.1, 0.15) is 9.67 Å². The Kier molecular flexibility index (Phi) is 6.90. The summed E-state index contributed by atoms with van der Waals surface area (Å²) in [6.45, 7) is 2.54. The van der Waals surface area contributed by atoms with Crippen molar-refractivity contribution >= 4 is 56.7 Å². The number of benzene rings is 1. The number of fused-ring (bicyclic) bond motifs is 1. The van der Waals surface area contributed by atoms with Gasteiger partial charge in [0.05, 0.1) is 24.0 Å². The molecule has 0 aliphatic carbocycles. The Morgan fingerprint density at radius 3 is 2.57 bits per heavy atom. The van der Waals surface area contributed by atoms with Gasteiger partial charge in [-0.05, 0) is 6.07 Å². The van der Waals surface area contributed by atoms with Crippen LogP contribution in [0.5, 0.6) is 5.88 Å². The van der Waals surface area contributed by atoms with Gasteiger partial charge in [-0.1, -0.05) is 29.8 Å². The maximum absolute atomic E-state index is 12.9. The van der Waals surface area contributed by atoms with E-state index in [0.717, 1.165) is 10.1 Å². The van der Waals surface area contributed by atoms with E-state index < -0.39 is 0 Å². The van der Waals surface area contributed by atoms with E-state index in [2.05, 4.69) is 26.7 Å². The minimum absolute atomic E-state index is 0.0117. The minimum Gasteiger partial charge on any atom is -0.481 e. The van der Waals surface area contributed by atoms with Gasteiger partial charge in [-0.15, -0.1) is 11.3 Å². The van der Waals surface area contributed by atoms with Crippen molar-refractivity contribution in [1.29, 1.82) is 0 Å². The third-order valence-corrected chi connectivity index (χ3v) is 6.07. The third kappa shape index (κ3) is 4.15. The molecule has 1 N–H and O–H groups in total. The van der Waals surface area contributed by atoms with Crippen LogP contribution in [0.25, 0.3) is 10.1 Å². The summed E-state index contributed by atoms with van der Waals surface area (Å²) in [6, 6.07) is 9.54. The molecule has 1 aliphatic rings. The van der Waals surface area contributed by atoms with E-state index in [4.69, 9.17) is 21.0 Å². The fraction of sp³-hybridized carbons (Fsp3) is 0.278. The Hall–Kier alpha value is -2.13. The van der Waals surface area contributed by atoms with E-state index in [1.165, 1.54) is 11.3 Å². The highest BCUT2D eigenvalue weighted by Gasteiger charge is 2.27. The summed E-state index contributed by atoms with van der Waals surface area (Å²) in [7, 11) is 1.58. The van der Waals surface area contributed by atoms with Crippen molar-refractivity contribution in [2.45, 2.75) is 0 Å². The van der Waals surface area contributed by atoms with Crippen LogP contribution in [0.15, 0.2) is 36.5 Å². The molecule has 0 radical (unpaired) electrons. The van der Waals surface area contributed by atoms with Crippen molar-refractivity contribution in [3.63, 3.8) is 0 Å². The van der Waals surface area contributed by atoms with Gasteiger partial charge in [-0.3, -0.25) is 9.45 Å². The van der Waals surface area contributed by atoms with E-state index in [1.54, 1.807) is 19.4 Å². The first kappa shape index (κ1) is 20.6. The second kappa shape index (κ2) is 9.38. The average molecular weight is 441 g/mol. The smallest absolute Gasteiger partial charge is 0.265 e. The molecule has 1 aliphatic heterocycles. The van der Waals surface area contributed by atoms with E-state index in [0.29, 0.717) is 47.9 Å². The quantitative estimate of drug-likeness (QED) is 0.671. The fourth-order valence-corrected chi connectivity index (χ4v) is 4.48. The molecule has 1 amide bonds. The van der Waals surface area contributed by atoms with Crippen molar-refractivity contribution in [1.82, 2.24) is 14.9 Å². The molecule has 10 heteroatoms. The first-order valence-electron chi connectivity index (χ1n) is 8.42. The van der Waals surface area contributed by atoms with Crippen molar-refractivity contribution in [3.05, 3.63) is 46.4 Å². The first-order valence-corrected chi connectivity index (χ1v) is 9.96. The predicted octanol–water partition coefficient (Wildman–Crippen LogP) is 3.45. The summed E-state index contributed by atoms with van der Waals surface area (Å²) in [4.78, 5) is 26.1. The number of methoxy groups -OCH3 is 1. The van der Waals surface area contributed by atoms with Gasteiger partial charge in [0, 0.05) is 48.5 Å². The average Bonchev–Trinajstić information content (AvgIpc) is 3.11. The van der Waals surface area contributed by atoms with Crippen LogP contribution >= 0.6 is 34.8 Å². The van der Waals surface area contributed by atoms with Crippen LogP contribution in [-0.2, 0) is 0 Å². The van der Waals surface area contributed by atoms with Crippen LogP contribution in [0.4, 0.5) is 5.95 Å². The highest BCUT2D eigenvalue weighted by Crippen LogP contribution is 2.36. The van der Waals surface area contributed by atoms with Crippen molar-refractivity contribution < 1.29 is 14.2 Å². The number of rotatable bonds is 3. The molecular weight excluding hydrogens is 423 g/mol. The van der Waals surface area contributed by atoms with Crippen molar-refractivity contribution in [3.8, 4) is 5.88 Å². The summed E-state index contributed by atoms with van der Waals surface area (Å²) in [5.74, 6) is 1.14. The number of ether oxygens (including phenoxy) is 1. The molecule has 2 aromatic heterocycles. The molecule has 3 heterocycles. The van der Waals surface area contributed by atoms with Gasteiger partial charge >= 0.3 is 0 Å². The summed E-state index contributed by atoms with van der Waals surface area (Å²) in [5.41, 5.74) is 0. The molecule has 3 aromatic rings. The van der Waals surface area contributed by atoms with Gasteiger partial charge in [-0.2, -0.15) is 4.98 Å². The molecule has 1 fully saturated rings. The lowest BCUT2D eigenvalue weighted by molar-refractivity contribution is 0.0751. The molecule has 0 atom stereocenters. The number of nitrogens with zero attached hydrogens (tertiary/aromatic N) is 4. The highest BCUT2D eigenvalue weighted by molar-refractivity contribution is 7.21. The predicted molar refractivity (Wildman–Crippen MR) is 112 cm³/mol. The summed E-state index contributed by atoms with van der Waals surface area (Å²) >= 11 is 11.5. The lowest BCUT2D eigenvalue weighted by atomic mass is 10.2. The number of thiophene rings is 1. The van der Waals surface area contributed by atoms with E-state index >= 15 is 0 Å². The maximum atomic E-state index is 12.9. The number of carbonyl (C=O) groups excluding carboxylic acids is 1. The SMILES string of the molecule is COc1ccnc(N2CCN(C(=O)c3sc4ccccc4c3Cl)CC2)n1.OCl. The van der Waals surface area contributed by atoms with Crippen molar-refractivity contribution in [2.75, 3.05) is 38.2 Å². The largest absolute Gasteiger partial charge is 0.481 e. The number of halogens is 2. The zero-order valence-corrected chi connectivity index (χ0v) is 17.3. The minimum atomic E-state index is -0.0117.